The Kier molecular flexibility index (Phi) is 3.32. The summed E-state index contributed by atoms with van der Waals surface area (Å²) in [6.45, 7) is 3.58. The van der Waals surface area contributed by atoms with E-state index in [0.717, 1.165) is 0 Å². The Morgan fingerprint density at radius 2 is 1.88 bits per heavy atom. The van der Waals surface area contributed by atoms with Crippen molar-refractivity contribution in [2.24, 2.45) is 0 Å². The highest BCUT2D eigenvalue weighted by atomic mass is 28.1. The summed E-state index contributed by atoms with van der Waals surface area (Å²) in [5.74, 6) is 0. The minimum absolute atomic E-state index is 1.22. The van der Waals surface area contributed by atoms with Gasteiger partial charge in [-0.2, -0.15) is 0 Å². The second kappa shape index (κ2) is 3.25. The van der Waals surface area contributed by atoms with Crippen LogP contribution in [0.25, 0.3) is 0 Å². The quantitative estimate of drug-likeness (QED) is 0.368. The third-order valence-corrected chi connectivity index (χ3v) is 3.40. The fourth-order valence-corrected chi connectivity index (χ4v) is 1.08. The van der Waals surface area contributed by atoms with Gasteiger partial charge in [0.25, 0.3) is 0 Å². The molecule has 0 saturated heterocycles. The van der Waals surface area contributed by atoms with E-state index in [-0.39, 0.29) is 0 Å². The van der Waals surface area contributed by atoms with Crippen LogP contribution in [0.15, 0.2) is 0 Å². The molecular formula is C6H18NSi+. The van der Waals surface area contributed by atoms with Gasteiger partial charge in [0.15, 0.2) is 0 Å². The van der Waals surface area contributed by atoms with E-state index < -0.39 is 0 Å². The van der Waals surface area contributed by atoms with Crippen LogP contribution >= 0.6 is 0 Å². The molecule has 0 aromatic heterocycles. The fraction of sp³-hybridized carbons (Fsp3) is 1.00. The summed E-state index contributed by atoms with van der Waals surface area (Å²) >= 11 is 0. The number of hydrogen-bond donors (Lipinski definition) is 0. The Hall–Kier alpha value is 0.177. The van der Waals surface area contributed by atoms with Crippen LogP contribution in [0.5, 0.6) is 0 Å². The molecule has 0 aromatic rings. The number of nitrogens with zero attached hydrogens (tertiary/aromatic N) is 1. The highest BCUT2D eigenvalue weighted by Crippen LogP contribution is 1.94. The van der Waals surface area contributed by atoms with E-state index >= 15 is 0 Å². The van der Waals surface area contributed by atoms with E-state index in [1.165, 1.54) is 33.9 Å². The Labute approximate surface area is 55.7 Å². The first-order chi connectivity index (χ1) is 3.62. The highest BCUT2D eigenvalue weighted by molar-refractivity contribution is 6.08. The van der Waals surface area contributed by atoms with Crippen LogP contribution in [0.4, 0.5) is 0 Å². The summed E-state index contributed by atoms with van der Waals surface area (Å²) in [7, 11) is 5.94. The lowest BCUT2D eigenvalue weighted by Crippen LogP contribution is -2.41. The molecule has 0 atom stereocenters. The van der Waals surface area contributed by atoms with E-state index in [1.54, 1.807) is 0 Å². The minimum Gasteiger partial charge on any atom is -0.333 e. The molecule has 0 heterocycles. The lowest BCUT2D eigenvalue weighted by molar-refractivity contribution is -0.879. The van der Waals surface area contributed by atoms with E-state index in [9.17, 15) is 0 Å². The molecular weight excluding hydrogens is 114 g/mol. The van der Waals surface area contributed by atoms with Gasteiger partial charge >= 0.3 is 0 Å². The third kappa shape index (κ3) is 3.21. The topological polar surface area (TPSA) is 0 Å². The number of rotatable bonds is 3. The number of quaternary nitrogens is 1. The zero-order chi connectivity index (χ0) is 6.62. The van der Waals surface area contributed by atoms with Gasteiger partial charge in [-0.15, -0.1) is 0 Å². The molecule has 1 nitrogen and oxygen atoms in total. The van der Waals surface area contributed by atoms with E-state index in [1.807, 2.05) is 0 Å². The zero-order valence-corrected chi connectivity index (χ0v) is 8.57. The summed E-state index contributed by atoms with van der Waals surface area (Å²) in [6, 6.07) is 0. The fourth-order valence-electron chi connectivity index (χ4n) is 0.763. The molecule has 0 unspecified atom stereocenters. The van der Waals surface area contributed by atoms with Gasteiger partial charge < -0.3 is 4.48 Å². The van der Waals surface area contributed by atoms with E-state index in [4.69, 9.17) is 0 Å². The van der Waals surface area contributed by atoms with Gasteiger partial charge in [0.2, 0.25) is 0 Å². The first-order valence-corrected chi connectivity index (χ1v) is 4.86. The molecule has 0 amide bonds. The molecule has 8 heavy (non-hydrogen) atoms. The lowest BCUT2D eigenvalue weighted by Gasteiger charge is -2.27. The molecule has 0 aliphatic heterocycles. The molecule has 0 spiro atoms. The van der Waals surface area contributed by atoms with Gasteiger partial charge in [0.05, 0.1) is 37.1 Å². The molecule has 0 N–H and O–H groups in total. The smallest absolute Gasteiger partial charge is 0.0776 e. The van der Waals surface area contributed by atoms with Crippen LogP contribution < -0.4 is 0 Å². The summed E-state index contributed by atoms with van der Waals surface area (Å²) in [6.07, 6.45) is 2.70. The number of hydrogen-bond acceptors (Lipinski definition) is 0. The minimum atomic E-state index is 1.22. The molecule has 0 fully saturated rings. The van der Waals surface area contributed by atoms with Gasteiger partial charge in [-0.3, -0.25) is 0 Å². The van der Waals surface area contributed by atoms with Gasteiger partial charge in [-0.1, -0.05) is 6.92 Å². The summed E-state index contributed by atoms with van der Waals surface area (Å²) in [5, 5.41) is 0. The monoisotopic (exact) mass is 132 g/mol. The molecule has 2 heteroatoms. The Morgan fingerprint density at radius 1 is 1.38 bits per heavy atom. The molecule has 50 valence electrons. The zero-order valence-electron chi connectivity index (χ0n) is 6.57. The largest absolute Gasteiger partial charge is 0.333 e. The summed E-state index contributed by atoms with van der Waals surface area (Å²) < 4.78 is 1.22. The molecule has 0 rings (SSSR count). The molecule has 0 saturated carbocycles. The van der Waals surface area contributed by atoms with Crippen molar-refractivity contribution < 1.29 is 4.48 Å². The summed E-state index contributed by atoms with van der Waals surface area (Å²) in [4.78, 5) is 0. The maximum Gasteiger partial charge on any atom is 0.0776 e. The predicted molar refractivity (Wildman–Crippen MR) is 42.1 cm³/mol. The lowest BCUT2D eigenvalue weighted by atomic mass is 10.4. The van der Waals surface area contributed by atoms with E-state index in [0.29, 0.717) is 0 Å². The van der Waals surface area contributed by atoms with Crippen LogP contribution in [0, 0.1) is 0 Å². The molecule has 0 radical (unpaired) electrons. The molecule has 0 aliphatic carbocycles. The first kappa shape index (κ1) is 8.18. The van der Waals surface area contributed by atoms with Crippen LogP contribution in [-0.4, -0.2) is 41.5 Å². The Bertz CT molecular complexity index is 61.5. The average molecular weight is 132 g/mol. The average Bonchev–Trinajstić information content (AvgIpc) is 1.67. The van der Waals surface area contributed by atoms with Crippen molar-refractivity contribution in [3.05, 3.63) is 0 Å². The van der Waals surface area contributed by atoms with Crippen molar-refractivity contribution >= 4 is 10.2 Å². The van der Waals surface area contributed by atoms with E-state index in [2.05, 4.69) is 21.0 Å². The Balaban J connectivity index is 3.37. The van der Waals surface area contributed by atoms with Crippen molar-refractivity contribution in [2.45, 2.75) is 13.3 Å². The Morgan fingerprint density at radius 3 is 2.00 bits per heavy atom. The second-order valence-electron chi connectivity index (χ2n) is 2.98. The van der Waals surface area contributed by atoms with Crippen molar-refractivity contribution in [3.63, 3.8) is 0 Å². The highest BCUT2D eigenvalue weighted by Gasteiger charge is 2.07. The van der Waals surface area contributed by atoms with Gasteiger partial charge in [-0.05, 0) is 6.42 Å². The van der Waals surface area contributed by atoms with Crippen LogP contribution in [0.3, 0.4) is 0 Å². The molecule has 0 bridgehead atoms. The SMILES string of the molecule is CCC[N+](C)(C)C[SiH3]. The van der Waals surface area contributed by atoms with Crippen molar-refractivity contribution in [1.82, 2.24) is 0 Å². The van der Waals surface area contributed by atoms with Gasteiger partial charge in [0.1, 0.15) is 0 Å². The standard InChI is InChI=1S/C6H18NSi/c1-4-5-7(2,3)6-8/h4-6H2,1-3,8H3/q+1. The van der Waals surface area contributed by atoms with Gasteiger partial charge in [-0.25, -0.2) is 0 Å². The third-order valence-electron chi connectivity index (χ3n) is 1.68. The molecule has 0 aromatic carbocycles. The first-order valence-electron chi connectivity index (χ1n) is 3.44. The van der Waals surface area contributed by atoms with Crippen LogP contribution in [0.1, 0.15) is 13.3 Å². The van der Waals surface area contributed by atoms with Crippen LogP contribution in [0.2, 0.25) is 0 Å². The van der Waals surface area contributed by atoms with Crippen molar-refractivity contribution in [2.75, 3.05) is 26.8 Å². The maximum atomic E-state index is 2.30. The maximum absolute atomic E-state index is 2.30. The second-order valence-corrected chi connectivity index (χ2v) is 3.61. The normalized spacial score (nSPS) is 12.4. The summed E-state index contributed by atoms with van der Waals surface area (Å²) in [5.41, 5.74) is 0. The van der Waals surface area contributed by atoms with Crippen molar-refractivity contribution in [1.29, 1.82) is 0 Å². The predicted octanol–water partition coefficient (Wildman–Crippen LogP) is -0.204. The van der Waals surface area contributed by atoms with Crippen LogP contribution in [-0.2, 0) is 0 Å². The molecule has 0 aliphatic rings. The van der Waals surface area contributed by atoms with Gasteiger partial charge in [0, 0.05) is 0 Å². The van der Waals surface area contributed by atoms with Crippen molar-refractivity contribution in [3.8, 4) is 0 Å².